The fraction of sp³-hybridized carbons (Fsp3) is 0.882. The van der Waals surface area contributed by atoms with Gasteiger partial charge in [0.15, 0.2) is 0 Å². The number of likely N-dealkylation sites (tertiary alicyclic amines) is 1. The summed E-state index contributed by atoms with van der Waals surface area (Å²) in [6, 6.07) is 0.342. The Bertz CT molecular complexity index is 378. The van der Waals surface area contributed by atoms with Crippen molar-refractivity contribution < 1.29 is 14.3 Å². The molecule has 1 saturated heterocycles. The molecule has 0 radical (unpaired) electrons. The molecular formula is C17H30N2O3. The lowest BCUT2D eigenvalue weighted by molar-refractivity contribution is -0.150. The van der Waals surface area contributed by atoms with Crippen molar-refractivity contribution in [2.75, 3.05) is 26.2 Å². The van der Waals surface area contributed by atoms with Crippen LogP contribution in [0.1, 0.15) is 52.4 Å². The summed E-state index contributed by atoms with van der Waals surface area (Å²) >= 11 is 0. The van der Waals surface area contributed by atoms with Crippen LogP contribution in [0.2, 0.25) is 0 Å². The number of rotatable bonds is 5. The van der Waals surface area contributed by atoms with Crippen LogP contribution in [-0.2, 0) is 14.3 Å². The second kappa shape index (κ2) is 8.51. The van der Waals surface area contributed by atoms with E-state index in [1.54, 1.807) is 0 Å². The maximum atomic E-state index is 12.2. The van der Waals surface area contributed by atoms with Crippen molar-refractivity contribution in [3.63, 3.8) is 0 Å². The number of esters is 1. The van der Waals surface area contributed by atoms with Crippen molar-refractivity contribution in [2.24, 2.45) is 11.8 Å². The van der Waals surface area contributed by atoms with E-state index in [9.17, 15) is 9.59 Å². The van der Waals surface area contributed by atoms with E-state index in [-0.39, 0.29) is 17.8 Å². The van der Waals surface area contributed by atoms with E-state index in [2.05, 4.69) is 17.1 Å². The highest BCUT2D eigenvalue weighted by Crippen LogP contribution is 2.23. The van der Waals surface area contributed by atoms with Crippen LogP contribution in [0.25, 0.3) is 0 Å². The lowest BCUT2D eigenvalue weighted by Crippen LogP contribution is -2.47. The third kappa shape index (κ3) is 5.27. The molecule has 126 valence electrons. The lowest BCUT2D eigenvalue weighted by Gasteiger charge is -2.32. The molecule has 5 nitrogen and oxygen atoms in total. The monoisotopic (exact) mass is 310 g/mol. The summed E-state index contributed by atoms with van der Waals surface area (Å²) in [5.74, 6) is 0.704. The Morgan fingerprint density at radius 1 is 1.18 bits per heavy atom. The predicted octanol–water partition coefficient (Wildman–Crippen LogP) is 1.96. The smallest absolute Gasteiger partial charge is 0.310 e. The van der Waals surface area contributed by atoms with Crippen molar-refractivity contribution >= 4 is 11.9 Å². The molecule has 1 heterocycles. The fourth-order valence-corrected chi connectivity index (χ4v) is 3.53. The van der Waals surface area contributed by atoms with Crippen LogP contribution in [-0.4, -0.2) is 49.1 Å². The van der Waals surface area contributed by atoms with Crippen molar-refractivity contribution in [1.82, 2.24) is 10.2 Å². The van der Waals surface area contributed by atoms with Crippen molar-refractivity contribution in [1.29, 1.82) is 0 Å². The normalized spacial score (nSPS) is 29.8. The molecule has 2 aliphatic rings. The van der Waals surface area contributed by atoms with Gasteiger partial charge in [-0.15, -0.1) is 0 Å². The van der Waals surface area contributed by atoms with Crippen LogP contribution < -0.4 is 5.32 Å². The zero-order valence-corrected chi connectivity index (χ0v) is 14.0. The molecule has 1 aliphatic heterocycles. The molecule has 22 heavy (non-hydrogen) atoms. The van der Waals surface area contributed by atoms with Gasteiger partial charge in [0.05, 0.1) is 19.1 Å². The molecule has 0 aromatic rings. The zero-order valence-electron chi connectivity index (χ0n) is 14.0. The summed E-state index contributed by atoms with van der Waals surface area (Å²) in [4.78, 5) is 26.1. The van der Waals surface area contributed by atoms with E-state index >= 15 is 0 Å². The van der Waals surface area contributed by atoms with Gasteiger partial charge in [-0.3, -0.25) is 14.5 Å². The van der Waals surface area contributed by atoms with E-state index in [1.165, 1.54) is 12.8 Å². The molecule has 1 saturated carbocycles. The topological polar surface area (TPSA) is 58.6 Å². The van der Waals surface area contributed by atoms with Crippen LogP contribution in [0.4, 0.5) is 0 Å². The molecule has 0 bridgehead atoms. The summed E-state index contributed by atoms with van der Waals surface area (Å²) < 4.78 is 5.10. The minimum atomic E-state index is -0.117. The Balaban J connectivity index is 1.72. The van der Waals surface area contributed by atoms with E-state index in [1.807, 2.05) is 6.92 Å². The van der Waals surface area contributed by atoms with Crippen LogP contribution in [0.5, 0.6) is 0 Å². The minimum absolute atomic E-state index is 0.0722. The van der Waals surface area contributed by atoms with Crippen molar-refractivity contribution in [2.45, 2.75) is 58.4 Å². The van der Waals surface area contributed by atoms with Crippen molar-refractivity contribution in [3.05, 3.63) is 0 Å². The van der Waals surface area contributed by atoms with E-state index < -0.39 is 0 Å². The molecule has 1 amide bonds. The van der Waals surface area contributed by atoms with Gasteiger partial charge in [-0.05, 0) is 57.9 Å². The fourth-order valence-electron chi connectivity index (χ4n) is 3.53. The number of nitrogens with one attached hydrogen (secondary N) is 1. The average Bonchev–Trinajstić information content (AvgIpc) is 2.50. The van der Waals surface area contributed by atoms with E-state index in [0.717, 1.165) is 38.1 Å². The summed E-state index contributed by atoms with van der Waals surface area (Å²) in [5, 5.41) is 3.16. The predicted molar refractivity (Wildman–Crippen MR) is 85.4 cm³/mol. The first-order valence-electron chi connectivity index (χ1n) is 8.76. The molecule has 1 aliphatic carbocycles. The third-order valence-electron chi connectivity index (χ3n) is 4.87. The highest BCUT2D eigenvalue weighted by atomic mass is 16.5. The number of carbonyl (C=O) groups excluding carboxylic acids is 2. The molecule has 0 spiro atoms. The zero-order chi connectivity index (χ0) is 15.9. The van der Waals surface area contributed by atoms with E-state index in [0.29, 0.717) is 25.7 Å². The van der Waals surface area contributed by atoms with Gasteiger partial charge in [0.25, 0.3) is 0 Å². The first-order valence-corrected chi connectivity index (χ1v) is 8.76. The third-order valence-corrected chi connectivity index (χ3v) is 4.87. The maximum Gasteiger partial charge on any atom is 0.310 e. The van der Waals surface area contributed by atoms with Gasteiger partial charge < -0.3 is 10.1 Å². The SMILES string of the molecule is CCOC(=O)C1CCCN(CC(=O)NC2CCC(C)CC2)C1. The number of carbonyl (C=O) groups is 2. The first kappa shape index (κ1) is 17.3. The summed E-state index contributed by atoms with van der Waals surface area (Å²) in [6.07, 6.45) is 6.44. The molecule has 1 unspecified atom stereocenters. The minimum Gasteiger partial charge on any atom is -0.466 e. The van der Waals surface area contributed by atoms with Crippen LogP contribution in [0.3, 0.4) is 0 Å². The molecule has 2 fully saturated rings. The standard InChI is InChI=1S/C17H30N2O3/c1-3-22-17(21)14-5-4-10-19(11-14)12-16(20)18-15-8-6-13(2)7-9-15/h13-15H,3-12H2,1-2H3,(H,18,20). The number of ether oxygens (including phenoxy) is 1. The first-order chi connectivity index (χ1) is 10.6. The second-order valence-corrected chi connectivity index (χ2v) is 6.85. The maximum absolute atomic E-state index is 12.2. The molecule has 2 rings (SSSR count). The van der Waals surface area contributed by atoms with Gasteiger partial charge in [0.2, 0.25) is 5.91 Å². The molecule has 0 aromatic carbocycles. The summed E-state index contributed by atoms with van der Waals surface area (Å²) in [6.45, 7) is 6.48. The average molecular weight is 310 g/mol. The molecule has 0 aromatic heterocycles. The Labute approximate surface area is 133 Å². The van der Waals surface area contributed by atoms with Crippen LogP contribution in [0, 0.1) is 11.8 Å². The Morgan fingerprint density at radius 2 is 1.91 bits per heavy atom. The largest absolute Gasteiger partial charge is 0.466 e. The highest BCUT2D eigenvalue weighted by molar-refractivity contribution is 5.78. The second-order valence-electron chi connectivity index (χ2n) is 6.85. The number of piperidine rings is 1. The van der Waals surface area contributed by atoms with Crippen molar-refractivity contribution in [3.8, 4) is 0 Å². The van der Waals surface area contributed by atoms with Gasteiger partial charge in [-0.1, -0.05) is 6.92 Å². The summed E-state index contributed by atoms with van der Waals surface area (Å²) in [5.41, 5.74) is 0. The molecular weight excluding hydrogens is 280 g/mol. The van der Waals surface area contributed by atoms with E-state index in [4.69, 9.17) is 4.74 Å². The number of hydrogen-bond acceptors (Lipinski definition) is 4. The van der Waals surface area contributed by atoms with Gasteiger partial charge in [0.1, 0.15) is 0 Å². The highest BCUT2D eigenvalue weighted by Gasteiger charge is 2.28. The Hall–Kier alpha value is -1.10. The van der Waals surface area contributed by atoms with Crippen LogP contribution in [0.15, 0.2) is 0 Å². The lowest BCUT2D eigenvalue weighted by atomic mass is 9.87. The number of hydrogen-bond donors (Lipinski definition) is 1. The van der Waals surface area contributed by atoms with Gasteiger partial charge in [-0.2, -0.15) is 0 Å². The molecule has 1 N–H and O–H groups in total. The number of amides is 1. The number of nitrogens with zero attached hydrogens (tertiary/aromatic N) is 1. The Morgan fingerprint density at radius 3 is 2.59 bits per heavy atom. The Kier molecular flexibility index (Phi) is 6.68. The molecule has 1 atom stereocenters. The quantitative estimate of drug-likeness (QED) is 0.789. The van der Waals surface area contributed by atoms with Crippen LogP contribution >= 0.6 is 0 Å². The van der Waals surface area contributed by atoms with Gasteiger partial charge in [-0.25, -0.2) is 0 Å². The summed E-state index contributed by atoms with van der Waals surface area (Å²) in [7, 11) is 0. The van der Waals surface area contributed by atoms with Gasteiger partial charge >= 0.3 is 5.97 Å². The molecule has 5 heteroatoms. The van der Waals surface area contributed by atoms with Gasteiger partial charge in [0, 0.05) is 12.6 Å².